The van der Waals surface area contributed by atoms with Gasteiger partial charge >= 0.3 is 0 Å². The Kier molecular flexibility index (Phi) is 5.92. The first kappa shape index (κ1) is 13.9. The van der Waals surface area contributed by atoms with Gasteiger partial charge in [0.15, 0.2) is 0 Å². The number of aromatic nitrogens is 1. The summed E-state index contributed by atoms with van der Waals surface area (Å²) in [7, 11) is 0. The maximum atomic E-state index is 4.18. The summed E-state index contributed by atoms with van der Waals surface area (Å²) >= 11 is 3.44. The van der Waals surface area contributed by atoms with Crippen LogP contribution in [-0.4, -0.2) is 4.98 Å². The summed E-state index contributed by atoms with van der Waals surface area (Å²) in [5.74, 6) is 0. The molecule has 0 saturated carbocycles. The fourth-order valence-corrected chi connectivity index (χ4v) is 1.83. The second-order valence-corrected chi connectivity index (χ2v) is 4.74. The molecule has 0 radical (unpaired) electrons. The summed E-state index contributed by atoms with van der Waals surface area (Å²) in [6.07, 6.45) is 12.0. The smallest absolute Gasteiger partial charge is 0.0410 e. The molecule has 0 atom stereocenters. The van der Waals surface area contributed by atoms with E-state index in [1.165, 1.54) is 5.57 Å². The minimum atomic E-state index is 0.910. The zero-order chi connectivity index (χ0) is 12.7. The van der Waals surface area contributed by atoms with Gasteiger partial charge in [0.05, 0.1) is 0 Å². The van der Waals surface area contributed by atoms with Gasteiger partial charge in [0.25, 0.3) is 0 Å². The van der Waals surface area contributed by atoms with Gasteiger partial charge in [0.2, 0.25) is 0 Å². The van der Waals surface area contributed by atoms with Gasteiger partial charge in [0, 0.05) is 16.9 Å². The Morgan fingerprint density at radius 3 is 2.82 bits per heavy atom. The molecular weight excluding hydrogens is 274 g/mol. The van der Waals surface area contributed by atoms with Crippen LogP contribution < -0.4 is 0 Å². The number of rotatable bonds is 5. The molecule has 0 saturated heterocycles. The quantitative estimate of drug-likeness (QED) is 0.683. The van der Waals surface area contributed by atoms with E-state index in [2.05, 4.69) is 65.6 Å². The van der Waals surface area contributed by atoms with E-state index in [0.717, 1.165) is 28.5 Å². The predicted octanol–water partition coefficient (Wildman–Crippen LogP) is 5.16. The highest BCUT2D eigenvalue weighted by atomic mass is 79.9. The molecule has 0 unspecified atom stereocenters. The van der Waals surface area contributed by atoms with Gasteiger partial charge in [0.1, 0.15) is 0 Å². The van der Waals surface area contributed by atoms with Gasteiger partial charge < -0.3 is 0 Å². The molecule has 1 aromatic heterocycles. The van der Waals surface area contributed by atoms with Crippen molar-refractivity contribution in [2.75, 3.05) is 0 Å². The lowest BCUT2D eigenvalue weighted by atomic mass is 10.0. The molecule has 0 aromatic carbocycles. The van der Waals surface area contributed by atoms with Crippen molar-refractivity contribution in [3.8, 4) is 0 Å². The van der Waals surface area contributed by atoms with Crippen molar-refractivity contribution in [1.82, 2.24) is 4.98 Å². The normalized spacial score (nSPS) is 12.1. The number of hydrogen-bond acceptors (Lipinski definition) is 1. The molecule has 90 valence electrons. The number of hydrogen-bond donors (Lipinski definition) is 0. The van der Waals surface area contributed by atoms with Gasteiger partial charge in [-0.15, -0.1) is 0 Å². The third-order valence-corrected chi connectivity index (χ3v) is 3.00. The summed E-state index contributed by atoms with van der Waals surface area (Å²) in [4.78, 5) is 4.18. The van der Waals surface area contributed by atoms with Gasteiger partial charge in [-0.2, -0.15) is 0 Å². The van der Waals surface area contributed by atoms with Gasteiger partial charge in [-0.3, -0.25) is 4.98 Å². The molecule has 0 aliphatic heterocycles. The average molecular weight is 292 g/mol. The van der Waals surface area contributed by atoms with E-state index in [-0.39, 0.29) is 0 Å². The van der Waals surface area contributed by atoms with Crippen molar-refractivity contribution >= 4 is 21.5 Å². The van der Waals surface area contributed by atoms with Crippen molar-refractivity contribution in [2.45, 2.75) is 26.7 Å². The second-order valence-electron chi connectivity index (χ2n) is 3.82. The monoisotopic (exact) mass is 291 g/mol. The fraction of sp³-hybridized carbons (Fsp3) is 0.267. The van der Waals surface area contributed by atoms with E-state index >= 15 is 0 Å². The van der Waals surface area contributed by atoms with Crippen LogP contribution in [0.15, 0.2) is 53.3 Å². The molecule has 0 N–H and O–H groups in total. The molecule has 0 bridgehead atoms. The Labute approximate surface area is 112 Å². The second kappa shape index (κ2) is 7.23. The predicted molar refractivity (Wildman–Crippen MR) is 78.8 cm³/mol. The lowest BCUT2D eigenvalue weighted by molar-refractivity contribution is 1.15. The van der Waals surface area contributed by atoms with Crippen LogP contribution in [0.2, 0.25) is 0 Å². The Balaban J connectivity index is 2.74. The van der Waals surface area contributed by atoms with Crippen molar-refractivity contribution < 1.29 is 0 Å². The molecule has 2 heteroatoms. The first-order valence-corrected chi connectivity index (χ1v) is 6.57. The Hall–Kier alpha value is -1.15. The van der Waals surface area contributed by atoms with Crippen molar-refractivity contribution in [3.05, 3.63) is 58.9 Å². The summed E-state index contributed by atoms with van der Waals surface area (Å²) in [6.45, 7) is 8.12. The maximum Gasteiger partial charge on any atom is 0.0410 e. The fourth-order valence-electron chi connectivity index (χ4n) is 1.46. The van der Waals surface area contributed by atoms with Gasteiger partial charge in [-0.25, -0.2) is 0 Å². The van der Waals surface area contributed by atoms with Crippen LogP contribution in [0.5, 0.6) is 0 Å². The van der Waals surface area contributed by atoms with Crippen molar-refractivity contribution in [2.24, 2.45) is 0 Å². The van der Waals surface area contributed by atoms with Crippen LogP contribution in [0.4, 0.5) is 0 Å². The molecule has 0 aliphatic carbocycles. The van der Waals surface area contributed by atoms with Crippen LogP contribution >= 0.6 is 15.9 Å². The molecule has 0 aliphatic rings. The summed E-state index contributed by atoms with van der Waals surface area (Å²) in [6, 6.07) is 2.09. The topological polar surface area (TPSA) is 12.9 Å². The Bertz CT molecular complexity index is 444. The molecule has 17 heavy (non-hydrogen) atoms. The van der Waals surface area contributed by atoms with Crippen molar-refractivity contribution in [3.63, 3.8) is 0 Å². The van der Waals surface area contributed by atoms with Gasteiger partial charge in [-0.1, -0.05) is 37.3 Å². The Morgan fingerprint density at radius 1 is 1.47 bits per heavy atom. The highest BCUT2D eigenvalue weighted by Crippen LogP contribution is 2.21. The van der Waals surface area contributed by atoms with Crippen LogP contribution in [0.1, 0.15) is 32.3 Å². The van der Waals surface area contributed by atoms with E-state index in [1.807, 2.05) is 6.20 Å². The largest absolute Gasteiger partial charge is 0.263 e. The molecule has 0 amide bonds. The number of allylic oxidation sites excluding steroid dienone is 5. The van der Waals surface area contributed by atoms with E-state index in [9.17, 15) is 0 Å². The third kappa shape index (κ3) is 4.70. The molecule has 1 heterocycles. The third-order valence-electron chi connectivity index (χ3n) is 2.57. The number of halogens is 1. The van der Waals surface area contributed by atoms with Crippen LogP contribution in [-0.2, 0) is 0 Å². The average Bonchev–Trinajstić information content (AvgIpc) is 2.34. The van der Waals surface area contributed by atoms with E-state index < -0.39 is 0 Å². The Morgan fingerprint density at radius 2 is 2.24 bits per heavy atom. The first-order valence-electron chi connectivity index (χ1n) is 5.77. The molecule has 1 rings (SSSR count). The highest BCUT2D eigenvalue weighted by Gasteiger charge is 1.99. The minimum Gasteiger partial charge on any atom is -0.263 e. The maximum absolute atomic E-state index is 4.18. The van der Waals surface area contributed by atoms with Crippen LogP contribution in [0.3, 0.4) is 0 Å². The SMILES string of the molecule is C=C(/C=C\C/C(=C\C)c1cncc(Br)c1)CC. The molecule has 1 aromatic rings. The zero-order valence-electron chi connectivity index (χ0n) is 10.4. The van der Waals surface area contributed by atoms with Gasteiger partial charge in [-0.05, 0) is 52.9 Å². The summed E-state index contributed by atoms with van der Waals surface area (Å²) < 4.78 is 1.01. The molecule has 0 fully saturated rings. The number of pyridine rings is 1. The van der Waals surface area contributed by atoms with Crippen molar-refractivity contribution in [1.29, 1.82) is 0 Å². The lowest BCUT2D eigenvalue weighted by Crippen LogP contribution is -1.85. The van der Waals surface area contributed by atoms with E-state index in [4.69, 9.17) is 0 Å². The highest BCUT2D eigenvalue weighted by molar-refractivity contribution is 9.10. The molecule has 0 spiro atoms. The zero-order valence-corrected chi connectivity index (χ0v) is 12.0. The lowest BCUT2D eigenvalue weighted by Gasteiger charge is -2.04. The van der Waals surface area contributed by atoms with E-state index in [0.29, 0.717) is 0 Å². The number of nitrogens with zero attached hydrogens (tertiary/aromatic N) is 1. The molecule has 1 nitrogen and oxygen atoms in total. The summed E-state index contributed by atoms with van der Waals surface area (Å²) in [5.41, 5.74) is 3.60. The minimum absolute atomic E-state index is 0.910. The summed E-state index contributed by atoms with van der Waals surface area (Å²) in [5, 5.41) is 0. The first-order chi connectivity index (χ1) is 8.17. The molecular formula is C15H18BrN. The van der Waals surface area contributed by atoms with Crippen LogP contribution in [0, 0.1) is 0 Å². The van der Waals surface area contributed by atoms with Crippen LogP contribution in [0.25, 0.3) is 5.57 Å². The standard InChI is InChI=1S/C15H18BrN/c1-4-12(3)7-6-8-13(5-2)14-9-15(16)11-17-10-14/h5-7,9-11H,3-4,8H2,1-2H3/b7-6-,13-5+. The van der Waals surface area contributed by atoms with E-state index in [1.54, 1.807) is 6.20 Å².